The minimum Gasteiger partial charge on any atom is -0.339 e. The van der Waals surface area contributed by atoms with Crippen LogP contribution in [0.1, 0.15) is 50.7 Å². The molecule has 1 aromatic rings. The van der Waals surface area contributed by atoms with Gasteiger partial charge in [-0.15, -0.1) is 0 Å². The highest BCUT2D eigenvalue weighted by Crippen LogP contribution is 2.31. The van der Waals surface area contributed by atoms with E-state index in [1.165, 1.54) is 6.07 Å². The van der Waals surface area contributed by atoms with Crippen LogP contribution in [0.4, 0.5) is 4.39 Å². The molecule has 2 unspecified atom stereocenters. The zero-order valence-electron chi connectivity index (χ0n) is 15.5. The highest BCUT2D eigenvalue weighted by Gasteiger charge is 2.34. The van der Waals surface area contributed by atoms with E-state index >= 15 is 0 Å². The number of rotatable bonds is 6. The van der Waals surface area contributed by atoms with Crippen molar-refractivity contribution in [1.29, 1.82) is 0 Å². The molecule has 1 aliphatic rings. The van der Waals surface area contributed by atoms with Gasteiger partial charge < -0.3 is 4.90 Å². The first-order valence-corrected chi connectivity index (χ1v) is 10.7. The monoisotopic (exact) mass is 369 g/mol. The van der Waals surface area contributed by atoms with Crippen LogP contribution in [0.5, 0.6) is 0 Å². The average molecular weight is 370 g/mol. The van der Waals surface area contributed by atoms with Gasteiger partial charge in [-0.1, -0.05) is 26.0 Å². The molecule has 1 amide bonds. The van der Waals surface area contributed by atoms with Crippen molar-refractivity contribution in [3.05, 3.63) is 35.1 Å². The lowest BCUT2D eigenvalue weighted by Crippen LogP contribution is -2.41. The fourth-order valence-corrected chi connectivity index (χ4v) is 5.33. The molecule has 2 rings (SSSR count). The Bertz CT molecular complexity index is 730. The van der Waals surface area contributed by atoms with Crippen LogP contribution in [0.15, 0.2) is 18.2 Å². The molecule has 0 N–H and O–H groups in total. The maximum atomic E-state index is 13.6. The molecule has 1 aromatic carbocycles. The highest BCUT2D eigenvalue weighted by atomic mass is 32.2. The molecule has 2 atom stereocenters. The number of carbonyl (C=O) groups excluding carboxylic acids is 1. The fraction of sp³-hybridized carbons (Fsp3) is 0.632. The molecule has 1 saturated heterocycles. The van der Waals surface area contributed by atoms with Crippen LogP contribution in [-0.4, -0.2) is 43.3 Å². The van der Waals surface area contributed by atoms with Crippen LogP contribution in [-0.2, 0) is 14.6 Å². The van der Waals surface area contributed by atoms with Crippen molar-refractivity contribution in [3.8, 4) is 0 Å². The quantitative estimate of drug-likeness (QED) is 0.773. The SMILES string of the molecule is CCN(C(=O)CC(c1ccc(F)c(C)c1)C(C)C)C1CCS(=O)(=O)C1. The third-order valence-corrected chi connectivity index (χ3v) is 6.87. The molecule has 0 radical (unpaired) electrons. The predicted molar refractivity (Wildman–Crippen MR) is 97.8 cm³/mol. The number of benzene rings is 1. The van der Waals surface area contributed by atoms with E-state index in [4.69, 9.17) is 0 Å². The summed E-state index contributed by atoms with van der Waals surface area (Å²) < 4.78 is 37.0. The van der Waals surface area contributed by atoms with E-state index in [1.54, 1.807) is 17.9 Å². The van der Waals surface area contributed by atoms with Crippen molar-refractivity contribution in [2.75, 3.05) is 18.1 Å². The van der Waals surface area contributed by atoms with Crippen LogP contribution in [0.3, 0.4) is 0 Å². The summed E-state index contributed by atoms with van der Waals surface area (Å²) in [5.74, 6) is 0.161. The van der Waals surface area contributed by atoms with Gasteiger partial charge in [-0.05, 0) is 49.3 Å². The second-order valence-corrected chi connectivity index (χ2v) is 9.53. The number of aryl methyl sites for hydroxylation is 1. The summed E-state index contributed by atoms with van der Waals surface area (Å²) >= 11 is 0. The smallest absolute Gasteiger partial charge is 0.223 e. The summed E-state index contributed by atoms with van der Waals surface area (Å²) in [5, 5.41) is 0. The van der Waals surface area contributed by atoms with Gasteiger partial charge in [0.25, 0.3) is 0 Å². The summed E-state index contributed by atoms with van der Waals surface area (Å²) in [5.41, 5.74) is 1.53. The zero-order valence-corrected chi connectivity index (χ0v) is 16.3. The number of halogens is 1. The molecular weight excluding hydrogens is 341 g/mol. The molecule has 0 aromatic heterocycles. The fourth-order valence-electron chi connectivity index (χ4n) is 3.60. The van der Waals surface area contributed by atoms with E-state index < -0.39 is 9.84 Å². The first kappa shape index (κ1) is 19.9. The summed E-state index contributed by atoms with van der Waals surface area (Å²) in [7, 11) is -3.03. The lowest BCUT2D eigenvalue weighted by Gasteiger charge is -2.30. The van der Waals surface area contributed by atoms with Crippen LogP contribution in [0.2, 0.25) is 0 Å². The predicted octanol–water partition coefficient (Wildman–Crippen LogP) is 3.30. The molecular formula is C19H28FNO3S. The van der Waals surface area contributed by atoms with Gasteiger partial charge in [0.15, 0.2) is 9.84 Å². The minimum atomic E-state index is -3.03. The van der Waals surface area contributed by atoms with E-state index in [0.29, 0.717) is 24.9 Å². The second kappa shape index (κ2) is 7.85. The molecule has 1 aliphatic heterocycles. The molecule has 140 valence electrons. The van der Waals surface area contributed by atoms with Crippen LogP contribution < -0.4 is 0 Å². The Hall–Kier alpha value is -1.43. The Morgan fingerprint density at radius 3 is 2.52 bits per heavy atom. The van der Waals surface area contributed by atoms with Crippen molar-refractivity contribution in [2.45, 2.75) is 52.5 Å². The van der Waals surface area contributed by atoms with E-state index in [2.05, 4.69) is 0 Å². The van der Waals surface area contributed by atoms with Gasteiger partial charge in [-0.3, -0.25) is 4.79 Å². The Labute approximate surface area is 150 Å². The third-order valence-electron chi connectivity index (χ3n) is 5.12. The van der Waals surface area contributed by atoms with Crippen molar-refractivity contribution >= 4 is 15.7 Å². The molecule has 0 aliphatic carbocycles. The first-order chi connectivity index (χ1) is 11.6. The number of sulfone groups is 1. The molecule has 0 saturated carbocycles. The van der Waals surface area contributed by atoms with E-state index in [-0.39, 0.29) is 41.1 Å². The summed E-state index contributed by atoms with van der Waals surface area (Å²) in [6, 6.07) is 4.79. The Balaban J connectivity index is 2.17. The third kappa shape index (κ3) is 4.81. The van der Waals surface area contributed by atoms with Gasteiger partial charge in [-0.2, -0.15) is 0 Å². The number of carbonyl (C=O) groups is 1. The van der Waals surface area contributed by atoms with Gasteiger partial charge >= 0.3 is 0 Å². The molecule has 1 heterocycles. The van der Waals surface area contributed by atoms with Gasteiger partial charge in [0, 0.05) is 19.0 Å². The summed E-state index contributed by atoms with van der Waals surface area (Å²) in [4.78, 5) is 14.6. The Kier molecular flexibility index (Phi) is 6.25. The van der Waals surface area contributed by atoms with Crippen molar-refractivity contribution in [3.63, 3.8) is 0 Å². The van der Waals surface area contributed by atoms with Gasteiger partial charge in [-0.25, -0.2) is 12.8 Å². The number of hydrogen-bond donors (Lipinski definition) is 0. The van der Waals surface area contributed by atoms with Crippen LogP contribution in [0, 0.1) is 18.7 Å². The van der Waals surface area contributed by atoms with Crippen molar-refractivity contribution in [1.82, 2.24) is 4.90 Å². The van der Waals surface area contributed by atoms with E-state index in [0.717, 1.165) is 5.56 Å². The van der Waals surface area contributed by atoms with Crippen molar-refractivity contribution < 1.29 is 17.6 Å². The van der Waals surface area contributed by atoms with E-state index in [1.807, 2.05) is 26.8 Å². The lowest BCUT2D eigenvalue weighted by molar-refractivity contribution is -0.133. The van der Waals surface area contributed by atoms with Crippen molar-refractivity contribution in [2.24, 2.45) is 5.92 Å². The zero-order chi connectivity index (χ0) is 18.8. The van der Waals surface area contributed by atoms with Crippen LogP contribution in [0.25, 0.3) is 0 Å². The summed E-state index contributed by atoms with van der Waals surface area (Å²) in [6.07, 6.45) is 0.830. The number of nitrogens with zero attached hydrogens (tertiary/aromatic N) is 1. The van der Waals surface area contributed by atoms with Gasteiger partial charge in [0.1, 0.15) is 5.82 Å². The topological polar surface area (TPSA) is 54.5 Å². The average Bonchev–Trinajstić information content (AvgIpc) is 2.88. The highest BCUT2D eigenvalue weighted by molar-refractivity contribution is 7.91. The number of amides is 1. The largest absolute Gasteiger partial charge is 0.339 e. The maximum Gasteiger partial charge on any atom is 0.223 e. The van der Waals surface area contributed by atoms with E-state index in [9.17, 15) is 17.6 Å². The van der Waals surface area contributed by atoms with Gasteiger partial charge in [0.2, 0.25) is 5.91 Å². The molecule has 1 fully saturated rings. The molecule has 4 nitrogen and oxygen atoms in total. The maximum absolute atomic E-state index is 13.6. The van der Waals surface area contributed by atoms with Crippen LogP contribution >= 0.6 is 0 Å². The molecule has 6 heteroatoms. The Morgan fingerprint density at radius 2 is 2.04 bits per heavy atom. The first-order valence-electron chi connectivity index (χ1n) is 8.90. The normalized spacial score (nSPS) is 20.6. The second-order valence-electron chi connectivity index (χ2n) is 7.30. The Morgan fingerprint density at radius 1 is 1.36 bits per heavy atom. The number of hydrogen-bond acceptors (Lipinski definition) is 3. The lowest BCUT2D eigenvalue weighted by atomic mass is 9.84. The van der Waals surface area contributed by atoms with Gasteiger partial charge in [0.05, 0.1) is 11.5 Å². The molecule has 25 heavy (non-hydrogen) atoms. The molecule has 0 spiro atoms. The summed E-state index contributed by atoms with van der Waals surface area (Å²) in [6.45, 7) is 8.21. The molecule has 0 bridgehead atoms. The standard InChI is InChI=1S/C19H28FNO3S/c1-5-21(16-8-9-25(23,24)12-16)19(22)11-17(13(2)3)15-6-7-18(20)14(4)10-15/h6-7,10,13,16-17H,5,8-9,11-12H2,1-4H3. The minimum absolute atomic E-state index is 0.0149.